The highest BCUT2D eigenvalue weighted by Crippen LogP contribution is 2.34. The van der Waals surface area contributed by atoms with E-state index in [1.54, 1.807) is 0 Å². The average Bonchev–Trinajstić information content (AvgIpc) is 3.02. The van der Waals surface area contributed by atoms with Crippen molar-refractivity contribution >= 4 is 28.3 Å². The lowest BCUT2D eigenvalue weighted by molar-refractivity contribution is -0.147. The molecule has 28 heavy (non-hydrogen) atoms. The number of carbonyl (C=O) groups excluding carboxylic acids is 1. The van der Waals surface area contributed by atoms with Crippen molar-refractivity contribution in [2.75, 3.05) is 5.32 Å². The van der Waals surface area contributed by atoms with Crippen LogP contribution in [-0.2, 0) is 16.0 Å². The van der Waals surface area contributed by atoms with Gasteiger partial charge in [0, 0.05) is 10.4 Å². The van der Waals surface area contributed by atoms with Crippen LogP contribution in [0, 0.1) is 24.7 Å². The minimum absolute atomic E-state index is 0.223. The Kier molecular flexibility index (Phi) is 6.50. The van der Waals surface area contributed by atoms with E-state index in [0.717, 1.165) is 35.4 Å². The van der Waals surface area contributed by atoms with Crippen molar-refractivity contribution in [3.63, 3.8) is 0 Å². The first kappa shape index (κ1) is 20.5. The summed E-state index contributed by atoms with van der Waals surface area (Å²) < 4.78 is 0. The van der Waals surface area contributed by atoms with Crippen LogP contribution >= 0.6 is 11.3 Å². The fourth-order valence-corrected chi connectivity index (χ4v) is 4.76. The number of hydrogen-bond acceptors (Lipinski definition) is 4. The Morgan fingerprint density at radius 3 is 2.43 bits per heavy atom. The topological polar surface area (TPSA) is 79.3 Å². The van der Waals surface area contributed by atoms with Crippen LogP contribution in [0.25, 0.3) is 11.3 Å². The molecular weight excluding hydrogens is 372 g/mol. The van der Waals surface area contributed by atoms with Crippen molar-refractivity contribution in [3.05, 3.63) is 34.7 Å². The molecule has 0 saturated heterocycles. The van der Waals surface area contributed by atoms with Gasteiger partial charge in [-0.2, -0.15) is 0 Å². The Labute approximate surface area is 170 Å². The zero-order chi connectivity index (χ0) is 20.3. The van der Waals surface area contributed by atoms with Crippen molar-refractivity contribution in [2.24, 2.45) is 17.8 Å². The van der Waals surface area contributed by atoms with Crippen molar-refractivity contribution in [1.82, 2.24) is 4.98 Å². The van der Waals surface area contributed by atoms with Gasteiger partial charge in [0.05, 0.1) is 17.5 Å². The molecule has 1 aromatic carbocycles. The fraction of sp³-hybridized carbons (Fsp3) is 0.500. The lowest BCUT2D eigenvalue weighted by Gasteiger charge is -2.26. The van der Waals surface area contributed by atoms with E-state index in [0.29, 0.717) is 23.9 Å². The summed E-state index contributed by atoms with van der Waals surface area (Å²) in [5.41, 5.74) is 3.20. The number of aryl methyl sites for hydroxylation is 1. The number of carboxylic acids is 1. The summed E-state index contributed by atoms with van der Waals surface area (Å²) in [6, 6.07) is 8.41. The van der Waals surface area contributed by atoms with Crippen LogP contribution in [0.3, 0.4) is 0 Å². The van der Waals surface area contributed by atoms with Gasteiger partial charge < -0.3 is 10.4 Å². The summed E-state index contributed by atoms with van der Waals surface area (Å²) in [5.74, 6) is -1.56. The summed E-state index contributed by atoms with van der Waals surface area (Å²) in [7, 11) is 0. The molecule has 0 aliphatic heterocycles. The number of aliphatic carboxylic acids is 1. The maximum atomic E-state index is 12.7. The third-order valence-corrected chi connectivity index (χ3v) is 6.20. The van der Waals surface area contributed by atoms with Gasteiger partial charge in [-0.05, 0) is 37.7 Å². The van der Waals surface area contributed by atoms with Crippen LogP contribution < -0.4 is 5.32 Å². The molecular formula is C22H28N2O3S. The molecule has 0 spiro atoms. The Balaban J connectivity index is 1.73. The minimum Gasteiger partial charge on any atom is -0.481 e. The number of carbonyl (C=O) groups is 2. The second-order valence-electron chi connectivity index (χ2n) is 8.04. The van der Waals surface area contributed by atoms with Gasteiger partial charge in [-0.25, -0.2) is 4.98 Å². The Hall–Kier alpha value is -2.21. The zero-order valence-corrected chi connectivity index (χ0v) is 17.5. The van der Waals surface area contributed by atoms with Crippen LogP contribution in [0.4, 0.5) is 5.13 Å². The molecule has 1 heterocycles. The number of carboxylic acid groups (broad SMARTS) is 1. The first-order chi connectivity index (χ1) is 13.3. The molecule has 2 atom stereocenters. The van der Waals surface area contributed by atoms with Crippen LogP contribution in [0.1, 0.15) is 50.0 Å². The molecule has 6 heteroatoms. The number of nitrogens with one attached hydrogen (secondary N) is 1. The van der Waals surface area contributed by atoms with E-state index in [-0.39, 0.29) is 5.91 Å². The van der Waals surface area contributed by atoms with Crippen molar-refractivity contribution in [3.8, 4) is 11.3 Å². The van der Waals surface area contributed by atoms with E-state index < -0.39 is 17.8 Å². The second kappa shape index (κ2) is 8.86. The number of hydrogen-bond donors (Lipinski definition) is 2. The van der Waals surface area contributed by atoms with Gasteiger partial charge in [0.15, 0.2) is 5.13 Å². The average molecular weight is 401 g/mol. The highest BCUT2D eigenvalue weighted by Gasteiger charge is 2.36. The van der Waals surface area contributed by atoms with Gasteiger partial charge >= 0.3 is 5.97 Å². The summed E-state index contributed by atoms with van der Waals surface area (Å²) >= 11 is 1.44. The molecule has 1 amide bonds. The number of aromatic nitrogens is 1. The monoisotopic (exact) mass is 400 g/mol. The Morgan fingerprint density at radius 2 is 1.82 bits per heavy atom. The molecule has 0 bridgehead atoms. The molecule has 2 N–H and O–H groups in total. The predicted molar refractivity (Wildman–Crippen MR) is 113 cm³/mol. The molecule has 3 rings (SSSR count). The smallest absolute Gasteiger partial charge is 0.307 e. The summed E-state index contributed by atoms with van der Waals surface area (Å²) in [6.45, 7) is 6.40. The summed E-state index contributed by atoms with van der Waals surface area (Å²) in [4.78, 5) is 29.8. The third-order valence-electron chi connectivity index (χ3n) is 5.32. The van der Waals surface area contributed by atoms with Crippen LogP contribution in [-0.4, -0.2) is 22.0 Å². The Bertz CT molecular complexity index is 842. The largest absolute Gasteiger partial charge is 0.481 e. The first-order valence-corrected chi connectivity index (χ1v) is 10.8. The summed E-state index contributed by atoms with van der Waals surface area (Å²) in [5, 5.41) is 12.8. The first-order valence-electron chi connectivity index (χ1n) is 9.95. The molecule has 1 aliphatic rings. The number of anilines is 1. The van der Waals surface area contributed by atoms with Gasteiger partial charge in [-0.1, -0.05) is 51.0 Å². The lowest BCUT2D eigenvalue weighted by atomic mass is 9.79. The highest BCUT2D eigenvalue weighted by molar-refractivity contribution is 7.16. The lowest BCUT2D eigenvalue weighted by Crippen LogP contribution is -2.36. The van der Waals surface area contributed by atoms with Gasteiger partial charge in [0.1, 0.15) is 0 Å². The third kappa shape index (κ3) is 4.79. The van der Waals surface area contributed by atoms with Gasteiger partial charge in [-0.3, -0.25) is 9.59 Å². The molecule has 150 valence electrons. The van der Waals surface area contributed by atoms with Gasteiger partial charge in [0.2, 0.25) is 5.91 Å². The van der Waals surface area contributed by atoms with E-state index in [9.17, 15) is 14.7 Å². The number of amides is 1. The minimum atomic E-state index is -0.877. The van der Waals surface area contributed by atoms with Gasteiger partial charge in [-0.15, -0.1) is 11.3 Å². The van der Waals surface area contributed by atoms with Crippen molar-refractivity contribution in [1.29, 1.82) is 0 Å². The molecule has 1 fully saturated rings. The van der Waals surface area contributed by atoms with Crippen molar-refractivity contribution < 1.29 is 14.7 Å². The van der Waals surface area contributed by atoms with Crippen LogP contribution in [0.15, 0.2) is 24.3 Å². The molecule has 2 aromatic rings. The standard InChI is InChI=1S/C22H28N2O3S/c1-13(2)12-15-8-10-16(11-9-15)19-14(3)28-22(23-19)24-20(25)17-6-4-5-7-18(17)21(26)27/h8-11,13,17-18H,4-7,12H2,1-3H3,(H,26,27)(H,23,24,25)/t17-,18-/m0/s1. The van der Waals surface area contributed by atoms with E-state index in [2.05, 4.69) is 48.4 Å². The van der Waals surface area contributed by atoms with E-state index in [1.807, 2.05) is 6.92 Å². The number of rotatable bonds is 6. The SMILES string of the molecule is Cc1sc(NC(=O)[C@H]2CCCC[C@@H]2C(=O)O)nc1-c1ccc(CC(C)C)cc1. The van der Waals surface area contributed by atoms with Crippen LogP contribution in [0.5, 0.6) is 0 Å². The Morgan fingerprint density at radius 1 is 1.18 bits per heavy atom. The molecule has 1 aromatic heterocycles. The molecule has 0 radical (unpaired) electrons. The molecule has 5 nitrogen and oxygen atoms in total. The second-order valence-corrected chi connectivity index (χ2v) is 9.25. The molecule has 1 aliphatic carbocycles. The maximum absolute atomic E-state index is 12.7. The molecule has 0 unspecified atom stereocenters. The quantitative estimate of drug-likeness (QED) is 0.703. The van der Waals surface area contributed by atoms with Crippen LogP contribution in [0.2, 0.25) is 0 Å². The number of thiazole rings is 1. The summed E-state index contributed by atoms with van der Waals surface area (Å²) in [6.07, 6.45) is 4.00. The maximum Gasteiger partial charge on any atom is 0.307 e. The normalized spacial score (nSPS) is 19.6. The predicted octanol–water partition coefficient (Wildman–Crippen LogP) is 5.15. The van der Waals surface area contributed by atoms with E-state index in [1.165, 1.54) is 16.9 Å². The zero-order valence-electron chi connectivity index (χ0n) is 16.7. The van der Waals surface area contributed by atoms with Gasteiger partial charge in [0.25, 0.3) is 0 Å². The number of benzene rings is 1. The van der Waals surface area contributed by atoms with Crippen molar-refractivity contribution in [2.45, 2.75) is 52.9 Å². The number of nitrogens with zero attached hydrogens (tertiary/aromatic N) is 1. The van der Waals surface area contributed by atoms with E-state index >= 15 is 0 Å². The van der Waals surface area contributed by atoms with E-state index in [4.69, 9.17) is 0 Å². The fourth-order valence-electron chi connectivity index (χ4n) is 3.93. The molecule has 1 saturated carbocycles. The highest BCUT2D eigenvalue weighted by atomic mass is 32.1.